The maximum Gasteiger partial charge on any atom is 0.573 e. The number of hydrogen-bond donors (Lipinski definition) is 0. The molecular formula is C13H4Cl2F8N2O2. The van der Waals surface area contributed by atoms with E-state index in [1.165, 1.54) is 0 Å². The second kappa shape index (κ2) is 6.82. The summed E-state index contributed by atoms with van der Waals surface area (Å²) in [5.41, 5.74) is -3.80. The summed E-state index contributed by atoms with van der Waals surface area (Å²) < 4.78 is 104. The van der Waals surface area contributed by atoms with Gasteiger partial charge in [-0.25, -0.2) is 4.98 Å². The predicted octanol–water partition coefficient (Wildman–Crippen LogP) is 5.09. The van der Waals surface area contributed by atoms with Crippen molar-refractivity contribution in [1.29, 1.82) is 0 Å². The summed E-state index contributed by atoms with van der Waals surface area (Å²) in [6.07, 6.45) is -10.8. The van der Waals surface area contributed by atoms with Crippen molar-refractivity contribution < 1.29 is 39.9 Å². The monoisotopic (exact) mass is 442 g/mol. The second-order valence-electron chi connectivity index (χ2n) is 4.84. The Kier molecular flexibility index (Phi) is 5.36. The van der Waals surface area contributed by atoms with Crippen LogP contribution in [0.1, 0.15) is 5.69 Å². The van der Waals surface area contributed by atoms with Crippen LogP contribution in [0.4, 0.5) is 35.1 Å². The van der Waals surface area contributed by atoms with Crippen LogP contribution in [0.25, 0.3) is 5.69 Å². The lowest BCUT2D eigenvalue weighted by Gasteiger charge is -2.19. The summed E-state index contributed by atoms with van der Waals surface area (Å²) in [6.45, 7) is 0. The lowest BCUT2D eigenvalue weighted by atomic mass is 10.2. The largest absolute Gasteiger partial charge is 0.573 e. The number of hydrogen-bond acceptors (Lipinski definition) is 3. The van der Waals surface area contributed by atoms with Gasteiger partial charge in [0.25, 0.3) is 5.56 Å². The zero-order valence-corrected chi connectivity index (χ0v) is 13.8. The lowest BCUT2D eigenvalue weighted by molar-refractivity contribution is -0.291. The standard InChI is InChI=1S/C13H4Cl2F8N2O2/c14-6-1-5(27-13(21,22)23)2-7(15)10(6)25-4-24-8(3-9(25)26)11(16,17)12(18,19)20/h1-4H. The van der Waals surface area contributed by atoms with E-state index in [0.717, 1.165) is 0 Å². The SMILES string of the molecule is O=c1cc(C(F)(F)C(F)(F)F)ncn1-c1c(Cl)cc(OC(F)(F)F)cc1Cl. The van der Waals surface area contributed by atoms with Crippen molar-refractivity contribution in [1.82, 2.24) is 9.55 Å². The first-order valence-electron chi connectivity index (χ1n) is 6.42. The molecule has 1 aromatic heterocycles. The van der Waals surface area contributed by atoms with E-state index >= 15 is 0 Å². The molecule has 0 aliphatic rings. The summed E-state index contributed by atoms with van der Waals surface area (Å²) >= 11 is 11.4. The van der Waals surface area contributed by atoms with E-state index in [-0.39, 0.29) is 12.4 Å². The minimum atomic E-state index is -6.00. The molecule has 148 valence electrons. The van der Waals surface area contributed by atoms with Crippen molar-refractivity contribution in [2.75, 3.05) is 0 Å². The van der Waals surface area contributed by atoms with Gasteiger partial charge in [0.15, 0.2) is 0 Å². The molecule has 0 amide bonds. The van der Waals surface area contributed by atoms with E-state index in [9.17, 15) is 39.9 Å². The predicted molar refractivity (Wildman–Crippen MR) is 76.5 cm³/mol. The molecule has 0 spiro atoms. The van der Waals surface area contributed by atoms with Crippen molar-refractivity contribution in [2.24, 2.45) is 0 Å². The van der Waals surface area contributed by atoms with Gasteiger partial charge < -0.3 is 4.74 Å². The van der Waals surface area contributed by atoms with Crippen LogP contribution in [-0.4, -0.2) is 22.1 Å². The second-order valence-corrected chi connectivity index (χ2v) is 5.65. The maximum atomic E-state index is 13.2. The third-order valence-electron chi connectivity index (χ3n) is 2.95. The molecule has 14 heteroatoms. The van der Waals surface area contributed by atoms with E-state index in [4.69, 9.17) is 23.2 Å². The zero-order valence-electron chi connectivity index (χ0n) is 12.3. The number of alkyl halides is 8. The first-order valence-corrected chi connectivity index (χ1v) is 7.18. The first-order chi connectivity index (χ1) is 12.1. The molecule has 0 fully saturated rings. The maximum absolute atomic E-state index is 13.2. The molecule has 0 aliphatic heterocycles. The van der Waals surface area contributed by atoms with Gasteiger partial charge >= 0.3 is 18.5 Å². The first kappa shape index (κ1) is 21.2. The number of halogens is 10. The van der Waals surface area contributed by atoms with Gasteiger partial charge in [-0.3, -0.25) is 9.36 Å². The summed E-state index contributed by atoms with van der Waals surface area (Å²) in [5, 5.41) is -1.16. The highest BCUT2D eigenvalue weighted by atomic mass is 35.5. The van der Waals surface area contributed by atoms with Crippen LogP contribution in [0.3, 0.4) is 0 Å². The number of nitrogens with zero attached hydrogens (tertiary/aromatic N) is 2. The summed E-state index contributed by atoms with van der Waals surface area (Å²) in [6, 6.07) is 1.13. The summed E-state index contributed by atoms with van der Waals surface area (Å²) in [7, 11) is 0. The van der Waals surface area contributed by atoms with E-state index in [1.54, 1.807) is 0 Å². The van der Waals surface area contributed by atoms with Gasteiger partial charge in [-0.1, -0.05) is 23.2 Å². The fourth-order valence-corrected chi connectivity index (χ4v) is 2.50. The number of rotatable bonds is 3. The normalized spacial score (nSPS) is 13.0. The average molecular weight is 443 g/mol. The quantitative estimate of drug-likeness (QED) is 0.621. The van der Waals surface area contributed by atoms with Crippen molar-refractivity contribution in [2.45, 2.75) is 18.5 Å². The van der Waals surface area contributed by atoms with Crippen LogP contribution < -0.4 is 10.3 Å². The highest BCUT2D eigenvalue weighted by Crippen LogP contribution is 2.42. The number of benzene rings is 1. The number of aromatic nitrogens is 2. The van der Waals surface area contributed by atoms with Crippen LogP contribution in [0, 0.1) is 0 Å². The van der Waals surface area contributed by atoms with Gasteiger partial charge in [0.1, 0.15) is 17.8 Å². The third kappa shape index (κ3) is 4.43. The van der Waals surface area contributed by atoms with Gasteiger partial charge in [0, 0.05) is 18.2 Å². The van der Waals surface area contributed by atoms with Crippen LogP contribution in [0.15, 0.2) is 29.3 Å². The molecule has 0 N–H and O–H groups in total. The minimum Gasteiger partial charge on any atom is -0.406 e. The van der Waals surface area contributed by atoms with Crippen molar-refractivity contribution >= 4 is 23.2 Å². The smallest absolute Gasteiger partial charge is 0.406 e. The van der Waals surface area contributed by atoms with Gasteiger partial charge in [-0.05, 0) is 0 Å². The lowest BCUT2D eigenvalue weighted by Crippen LogP contribution is -2.36. The third-order valence-corrected chi connectivity index (χ3v) is 3.53. The van der Waals surface area contributed by atoms with E-state index in [2.05, 4.69) is 9.72 Å². The molecule has 0 saturated heterocycles. The van der Waals surface area contributed by atoms with E-state index in [0.29, 0.717) is 16.7 Å². The molecule has 1 aromatic carbocycles. The Hall–Kier alpha value is -2.08. The van der Waals surface area contributed by atoms with Gasteiger partial charge in [-0.2, -0.15) is 22.0 Å². The topological polar surface area (TPSA) is 44.1 Å². The number of ether oxygens (including phenoxy) is 1. The van der Waals surface area contributed by atoms with Crippen molar-refractivity contribution in [3.8, 4) is 11.4 Å². The molecule has 27 heavy (non-hydrogen) atoms. The Bertz CT molecular complexity index is 901. The van der Waals surface area contributed by atoms with Gasteiger partial charge in [0.2, 0.25) is 0 Å². The summed E-state index contributed by atoms with van der Waals surface area (Å²) in [4.78, 5) is 14.8. The van der Waals surface area contributed by atoms with Gasteiger partial charge in [0.05, 0.1) is 15.7 Å². The van der Waals surface area contributed by atoms with E-state index < -0.39 is 51.2 Å². The van der Waals surface area contributed by atoms with Crippen LogP contribution in [0.5, 0.6) is 5.75 Å². The fraction of sp³-hybridized carbons (Fsp3) is 0.231. The Morgan fingerprint density at radius 1 is 0.926 bits per heavy atom. The van der Waals surface area contributed by atoms with Crippen LogP contribution >= 0.6 is 23.2 Å². The molecule has 0 bridgehead atoms. The summed E-state index contributed by atoms with van der Waals surface area (Å²) in [5.74, 6) is -6.24. The van der Waals surface area contributed by atoms with Crippen molar-refractivity contribution in [3.63, 3.8) is 0 Å². The molecule has 4 nitrogen and oxygen atoms in total. The van der Waals surface area contributed by atoms with E-state index in [1.807, 2.05) is 0 Å². The Morgan fingerprint density at radius 3 is 1.85 bits per heavy atom. The fourth-order valence-electron chi connectivity index (χ4n) is 1.85. The van der Waals surface area contributed by atoms with Gasteiger partial charge in [-0.15, -0.1) is 13.2 Å². The molecule has 0 radical (unpaired) electrons. The Labute approximate surface area is 153 Å². The Morgan fingerprint density at radius 2 is 1.44 bits per heavy atom. The van der Waals surface area contributed by atoms with Crippen molar-refractivity contribution in [3.05, 3.63) is 50.6 Å². The molecule has 0 unspecified atom stereocenters. The molecule has 0 aliphatic carbocycles. The molecule has 2 rings (SSSR count). The zero-order chi connectivity index (χ0) is 20.8. The molecule has 1 heterocycles. The highest BCUT2D eigenvalue weighted by Gasteiger charge is 2.60. The molecule has 2 aromatic rings. The van der Waals surface area contributed by atoms with Crippen LogP contribution in [0.2, 0.25) is 10.0 Å². The Balaban J connectivity index is 2.53. The minimum absolute atomic E-state index is 0.0970. The molecular weight excluding hydrogens is 439 g/mol. The molecule has 0 atom stereocenters. The van der Waals surface area contributed by atoms with Crippen LogP contribution in [-0.2, 0) is 5.92 Å². The molecule has 0 saturated carbocycles. The highest BCUT2D eigenvalue weighted by molar-refractivity contribution is 6.38. The average Bonchev–Trinajstić information content (AvgIpc) is 2.45.